The van der Waals surface area contributed by atoms with Crippen molar-refractivity contribution in [1.82, 2.24) is 14.8 Å². The molecule has 0 N–H and O–H groups in total. The lowest BCUT2D eigenvalue weighted by Gasteiger charge is -2.34. The molecular formula is C19H21N3O2S. The second-order valence-electron chi connectivity index (χ2n) is 6.47. The fourth-order valence-electron chi connectivity index (χ4n) is 3.30. The monoisotopic (exact) mass is 355 g/mol. The molecule has 0 saturated carbocycles. The molecule has 1 aliphatic heterocycles. The summed E-state index contributed by atoms with van der Waals surface area (Å²) in [7, 11) is 0. The van der Waals surface area contributed by atoms with Gasteiger partial charge >= 0.3 is 0 Å². The summed E-state index contributed by atoms with van der Waals surface area (Å²) in [6.45, 7) is 7.81. The molecule has 1 aromatic carbocycles. The maximum absolute atomic E-state index is 12.7. The van der Waals surface area contributed by atoms with E-state index in [1.165, 1.54) is 4.70 Å². The topological polar surface area (TPSA) is 49.6 Å². The molecule has 5 nitrogen and oxygen atoms in total. The highest BCUT2D eigenvalue weighted by atomic mass is 32.1. The van der Waals surface area contributed by atoms with Crippen molar-refractivity contribution in [3.63, 3.8) is 0 Å². The number of rotatable bonds is 3. The number of thiazole rings is 1. The van der Waals surface area contributed by atoms with Crippen LogP contribution in [0.5, 0.6) is 0 Å². The van der Waals surface area contributed by atoms with Gasteiger partial charge in [-0.2, -0.15) is 0 Å². The Kier molecular flexibility index (Phi) is 4.31. The first-order chi connectivity index (χ1) is 12.1. The fourth-order valence-corrected chi connectivity index (χ4v) is 4.31. The van der Waals surface area contributed by atoms with Gasteiger partial charge in [0.05, 0.1) is 22.3 Å². The summed E-state index contributed by atoms with van der Waals surface area (Å²) in [4.78, 5) is 21.7. The van der Waals surface area contributed by atoms with Gasteiger partial charge in [0.1, 0.15) is 16.5 Å². The van der Waals surface area contributed by atoms with Crippen molar-refractivity contribution in [2.45, 2.75) is 20.4 Å². The van der Waals surface area contributed by atoms with E-state index < -0.39 is 0 Å². The van der Waals surface area contributed by atoms with E-state index in [-0.39, 0.29) is 5.91 Å². The Morgan fingerprint density at radius 1 is 1.20 bits per heavy atom. The summed E-state index contributed by atoms with van der Waals surface area (Å²) in [6, 6.07) is 10.1. The Balaban J connectivity index is 1.38. The Morgan fingerprint density at radius 2 is 1.96 bits per heavy atom. The van der Waals surface area contributed by atoms with Gasteiger partial charge in [0.2, 0.25) is 0 Å². The highest BCUT2D eigenvalue weighted by Gasteiger charge is 2.25. The third-order valence-electron chi connectivity index (χ3n) is 4.63. The molecule has 130 valence electrons. The van der Waals surface area contributed by atoms with Crippen molar-refractivity contribution in [1.29, 1.82) is 0 Å². The fraction of sp³-hybridized carbons (Fsp3) is 0.368. The molecule has 6 heteroatoms. The number of furan rings is 1. The standard InChI is InChI=1S/C19H21N3O2S/c1-13-11-15(14(2)24-13)19(23)22-9-7-21(8-10-22)12-18-20-16-5-3-4-6-17(16)25-18/h3-6,11H,7-10,12H2,1-2H3. The van der Waals surface area contributed by atoms with Crippen molar-refractivity contribution in [2.24, 2.45) is 0 Å². The lowest BCUT2D eigenvalue weighted by molar-refractivity contribution is 0.0627. The second-order valence-corrected chi connectivity index (χ2v) is 7.59. The molecule has 1 aliphatic rings. The Morgan fingerprint density at radius 3 is 2.64 bits per heavy atom. The minimum absolute atomic E-state index is 0.0778. The van der Waals surface area contributed by atoms with Gasteiger partial charge in [-0.3, -0.25) is 9.69 Å². The zero-order valence-corrected chi connectivity index (χ0v) is 15.3. The summed E-state index contributed by atoms with van der Waals surface area (Å²) in [5, 5.41) is 1.14. The number of aryl methyl sites for hydroxylation is 2. The molecule has 1 saturated heterocycles. The minimum atomic E-state index is 0.0778. The highest BCUT2D eigenvalue weighted by Crippen LogP contribution is 2.23. The number of hydrogen-bond donors (Lipinski definition) is 0. The van der Waals surface area contributed by atoms with E-state index in [4.69, 9.17) is 9.40 Å². The Labute approximate surface area is 150 Å². The van der Waals surface area contributed by atoms with Crippen molar-refractivity contribution < 1.29 is 9.21 Å². The predicted molar refractivity (Wildman–Crippen MR) is 99.0 cm³/mol. The molecule has 1 amide bonds. The van der Waals surface area contributed by atoms with Crippen molar-refractivity contribution in [2.75, 3.05) is 26.2 Å². The summed E-state index contributed by atoms with van der Waals surface area (Å²) in [5.74, 6) is 1.57. The molecule has 0 unspecified atom stereocenters. The quantitative estimate of drug-likeness (QED) is 0.722. The Hall–Kier alpha value is -2.18. The van der Waals surface area contributed by atoms with Crippen LogP contribution in [0.1, 0.15) is 26.9 Å². The average molecular weight is 355 g/mol. The summed E-state index contributed by atoms with van der Waals surface area (Å²) in [5.41, 5.74) is 1.76. The van der Waals surface area contributed by atoms with E-state index in [2.05, 4.69) is 17.0 Å². The van der Waals surface area contributed by atoms with Gasteiger partial charge in [0, 0.05) is 26.2 Å². The van der Waals surface area contributed by atoms with Crippen LogP contribution in [0.25, 0.3) is 10.2 Å². The van der Waals surface area contributed by atoms with E-state index in [1.807, 2.05) is 36.9 Å². The van der Waals surface area contributed by atoms with Crippen LogP contribution in [0.3, 0.4) is 0 Å². The predicted octanol–water partition coefficient (Wildman–Crippen LogP) is 3.46. The van der Waals surface area contributed by atoms with Gasteiger partial charge in [-0.15, -0.1) is 11.3 Å². The first-order valence-corrected chi connectivity index (χ1v) is 9.35. The number of benzene rings is 1. The maximum atomic E-state index is 12.7. The number of hydrogen-bond acceptors (Lipinski definition) is 5. The molecule has 0 radical (unpaired) electrons. The smallest absolute Gasteiger partial charge is 0.257 e. The molecule has 2 aromatic heterocycles. The van der Waals surface area contributed by atoms with Gasteiger partial charge in [-0.25, -0.2) is 4.98 Å². The molecule has 3 aromatic rings. The third kappa shape index (κ3) is 3.32. The molecule has 25 heavy (non-hydrogen) atoms. The number of carbonyl (C=O) groups excluding carboxylic acids is 1. The summed E-state index contributed by atoms with van der Waals surface area (Å²) < 4.78 is 6.72. The minimum Gasteiger partial charge on any atom is -0.466 e. The summed E-state index contributed by atoms with van der Waals surface area (Å²) >= 11 is 1.75. The van der Waals surface area contributed by atoms with Crippen LogP contribution < -0.4 is 0 Å². The van der Waals surface area contributed by atoms with Crippen molar-refractivity contribution >= 4 is 27.5 Å². The van der Waals surface area contributed by atoms with Crippen LogP contribution in [0, 0.1) is 13.8 Å². The van der Waals surface area contributed by atoms with Crippen molar-refractivity contribution in [3.05, 3.63) is 52.4 Å². The molecule has 1 fully saturated rings. The van der Waals surface area contributed by atoms with Crippen LogP contribution in [-0.4, -0.2) is 46.9 Å². The SMILES string of the molecule is Cc1cc(C(=O)N2CCN(Cc3nc4ccccc4s3)CC2)c(C)o1. The highest BCUT2D eigenvalue weighted by molar-refractivity contribution is 7.18. The molecule has 0 aliphatic carbocycles. The summed E-state index contributed by atoms with van der Waals surface area (Å²) in [6.07, 6.45) is 0. The second kappa shape index (κ2) is 6.61. The number of para-hydroxylation sites is 1. The van der Waals surface area contributed by atoms with E-state index in [9.17, 15) is 4.79 Å². The van der Waals surface area contributed by atoms with Gasteiger partial charge < -0.3 is 9.32 Å². The van der Waals surface area contributed by atoms with Gasteiger partial charge in [-0.05, 0) is 32.0 Å². The number of carbonyl (C=O) groups is 1. The number of piperazine rings is 1. The number of aromatic nitrogens is 1. The first kappa shape index (κ1) is 16.3. The maximum Gasteiger partial charge on any atom is 0.257 e. The molecule has 4 rings (SSSR count). The number of nitrogens with zero attached hydrogens (tertiary/aromatic N) is 3. The van der Waals surface area contributed by atoms with Gasteiger partial charge in [0.15, 0.2) is 0 Å². The molecule has 0 spiro atoms. The molecule has 3 heterocycles. The molecule has 0 bridgehead atoms. The molecule has 0 atom stereocenters. The first-order valence-electron chi connectivity index (χ1n) is 8.53. The van der Waals surface area contributed by atoms with E-state index in [1.54, 1.807) is 11.3 Å². The zero-order valence-electron chi connectivity index (χ0n) is 14.5. The van der Waals surface area contributed by atoms with Crippen LogP contribution in [0.15, 0.2) is 34.7 Å². The van der Waals surface area contributed by atoms with Crippen LogP contribution in [0.4, 0.5) is 0 Å². The molecular weight excluding hydrogens is 334 g/mol. The van der Waals surface area contributed by atoms with Crippen LogP contribution in [0.2, 0.25) is 0 Å². The van der Waals surface area contributed by atoms with E-state index in [0.29, 0.717) is 11.3 Å². The largest absolute Gasteiger partial charge is 0.466 e. The number of fused-ring (bicyclic) bond motifs is 1. The average Bonchev–Trinajstić information content (AvgIpc) is 3.16. The van der Waals surface area contributed by atoms with Crippen LogP contribution >= 0.6 is 11.3 Å². The zero-order chi connectivity index (χ0) is 17.4. The van der Waals surface area contributed by atoms with Gasteiger partial charge in [-0.1, -0.05) is 12.1 Å². The van der Waals surface area contributed by atoms with E-state index in [0.717, 1.165) is 49.0 Å². The van der Waals surface area contributed by atoms with E-state index >= 15 is 0 Å². The lowest BCUT2D eigenvalue weighted by atomic mass is 10.2. The third-order valence-corrected chi connectivity index (χ3v) is 5.65. The van der Waals surface area contributed by atoms with Crippen molar-refractivity contribution in [3.8, 4) is 0 Å². The normalized spacial score (nSPS) is 15.8. The van der Waals surface area contributed by atoms with Gasteiger partial charge in [0.25, 0.3) is 5.91 Å². The van der Waals surface area contributed by atoms with Crippen LogP contribution in [-0.2, 0) is 6.54 Å². The lowest BCUT2D eigenvalue weighted by Crippen LogP contribution is -2.48. The Bertz CT molecular complexity index is 873. The number of amides is 1.